The van der Waals surface area contributed by atoms with Crippen LogP contribution < -0.4 is 15.4 Å². The van der Waals surface area contributed by atoms with E-state index in [1.807, 2.05) is 30.3 Å². The standard InChI is InChI=1S/C14H14N2O3/c1-18-10-6-4-9(5-7-10)16-13(12(15)14(16)17)11-3-2-8-19-11/h2-8,12-13H,15H2,1H3/t12-,13+/m1/s1. The third kappa shape index (κ3) is 1.79. The Morgan fingerprint density at radius 3 is 2.58 bits per heavy atom. The second-order valence-corrected chi connectivity index (χ2v) is 4.39. The molecule has 1 fully saturated rings. The minimum Gasteiger partial charge on any atom is -0.497 e. The Morgan fingerprint density at radius 1 is 1.26 bits per heavy atom. The number of methoxy groups -OCH3 is 1. The lowest BCUT2D eigenvalue weighted by Gasteiger charge is -2.44. The molecule has 1 saturated heterocycles. The topological polar surface area (TPSA) is 68.7 Å². The zero-order valence-electron chi connectivity index (χ0n) is 10.4. The van der Waals surface area contributed by atoms with Gasteiger partial charge in [-0.1, -0.05) is 0 Å². The summed E-state index contributed by atoms with van der Waals surface area (Å²) in [5.74, 6) is 1.34. The van der Waals surface area contributed by atoms with Crippen LogP contribution in [0.4, 0.5) is 5.69 Å². The molecule has 98 valence electrons. The van der Waals surface area contributed by atoms with Crippen LogP contribution in [0.25, 0.3) is 0 Å². The van der Waals surface area contributed by atoms with Gasteiger partial charge in [0.2, 0.25) is 5.91 Å². The molecule has 0 bridgehead atoms. The maximum atomic E-state index is 12.0. The molecule has 5 heteroatoms. The van der Waals surface area contributed by atoms with Gasteiger partial charge in [0.25, 0.3) is 0 Å². The van der Waals surface area contributed by atoms with Crippen molar-refractivity contribution in [2.75, 3.05) is 12.0 Å². The van der Waals surface area contributed by atoms with E-state index in [1.165, 1.54) is 0 Å². The van der Waals surface area contributed by atoms with E-state index >= 15 is 0 Å². The molecule has 2 N–H and O–H groups in total. The molecule has 0 saturated carbocycles. The first-order chi connectivity index (χ1) is 9.22. The molecule has 1 aliphatic rings. The van der Waals surface area contributed by atoms with E-state index in [0.717, 1.165) is 11.4 Å². The first kappa shape index (κ1) is 11.8. The summed E-state index contributed by atoms with van der Waals surface area (Å²) in [6.45, 7) is 0. The highest BCUT2D eigenvalue weighted by Crippen LogP contribution is 2.38. The molecular formula is C14H14N2O3. The summed E-state index contributed by atoms with van der Waals surface area (Å²) in [4.78, 5) is 13.6. The molecule has 2 heterocycles. The van der Waals surface area contributed by atoms with Gasteiger partial charge in [-0.25, -0.2) is 0 Å². The number of nitrogens with two attached hydrogens (primary N) is 1. The number of ether oxygens (including phenoxy) is 1. The van der Waals surface area contributed by atoms with Gasteiger partial charge in [-0.3, -0.25) is 9.69 Å². The number of nitrogens with zero attached hydrogens (tertiary/aromatic N) is 1. The molecular weight excluding hydrogens is 244 g/mol. The Labute approximate surface area is 110 Å². The molecule has 1 amide bonds. The third-order valence-electron chi connectivity index (χ3n) is 3.33. The van der Waals surface area contributed by atoms with Crippen molar-refractivity contribution >= 4 is 11.6 Å². The van der Waals surface area contributed by atoms with E-state index in [0.29, 0.717) is 5.76 Å². The van der Waals surface area contributed by atoms with Crippen LogP contribution in [-0.4, -0.2) is 19.1 Å². The smallest absolute Gasteiger partial charge is 0.247 e. The number of β-lactam (4-membered cyclic amide) rings is 1. The summed E-state index contributed by atoms with van der Waals surface area (Å²) >= 11 is 0. The Hall–Kier alpha value is -2.27. The lowest BCUT2D eigenvalue weighted by Crippen LogP contribution is -2.63. The lowest BCUT2D eigenvalue weighted by atomic mass is 9.92. The number of amides is 1. The molecule has 2 aromatic rings. The van der Waals surface area contributed by atoms with E-state index in [9.17, 15) is 4.79 Å². The summed E-state index contributed by atoms with van der Waals surface area (Å²) < 4.78 is 10.5. The number of benzene rings is 1. The lowest BCUT2D eigenvalue weighted by molar-refractivity contribution is -0.126. The van der Waals surface area contributed by atoms with Gasteiger partial charge >= 0.3 is 0 Å². The van der Waals surface area contributed by atoms with E-state index in [2.05, 4.69) is 0 Å². The van der Waals surface area contributed by atoms with Gasteiger partial charge in [0, 0.05) is 5.69 Å². The third-order valence-corrected chi connectivity index (χ3v) is 3.33. The highest BCUT2D eigenvalue weighted by molar-refractivity contribution is 6.05. The van der Waals surface area contributed by atoms with Crippen molar-refractivity contribution in [3.63, 3.8) is 0 Å². The average molecular weight is 258 g/mol. The van der Waals surface area contributed by atoms with E-state index in [4.69, 9.17) is 14.9 Å². The minimum atomic E-state index is -0.548. The average Bonchev–Trinajstić information content (AvgIpc) is 2.97. The van der Waals surface area contributed by atoms with Crippen molar-refractivity contribution in [3.05, 3.63) is 48.4 Å². The highest BCUT2D eigenvalue weighted by atomic mass is 16.5. The molecule has 2 atom stereocenters. The quantitative estimate of drug-likeness (QED) is 0.851. The SMILES string of the molecule is COc1ccc(N2C(=O)[C@H](N)[C@@H]2c2ccco2)cc1. The van der Waals surface area contributed by atoms with Crippen molar-refractivity contribution in [1.82, 2.24) is 0 Å². The summed E-state index contributed by atoms with van der Waals surface area (Å²) in [6.07, 6.45) is 1.58. The molecule has 19 heavy (non-hydrogen) atoms. The Balaban J connectivity index is 1.91. The Kier molecular flexibility index (Phi) is 2.76. The number of carbonyl (C=O) groups excluding carboxylic acids is 1. The second kappa shape index (κ2) is 4.44. The molecule has 1 aromatic carbocycles. The van der Waals surface area contributed by atoms with Crippen LogP contribution in [-0.2, 0) is 4.79 Å². The predicted octanol–water partition coefficient (Wildman–Crippen LogP) is 1.70. The van der Waals surface area contributed by atoms with Gasteiger partial charge in [0.1, 0.15) is 23.6 Å². The molecule has 0 radical (unpaired) electrons. The summed E-state index contributed by atoms with van der Waals surface area (Å²) in [5, 5.41) is 0. The van der Waals surface area contributed by atoms with Gasteiger partial charge in [0.05, 0.1) is 13.4 Å². The van der Waals surface area contributed by atoms with Gasteiger partial charge in [0.15, 0.2) is 0 Å². The van der Waals surface area contributed by atoms with E-state index < -0.39 is 6.04 Å². The van der Waals surface area contributed by atoms with Crippen LogP contribution in [0.5, 0.6) is 5.75 Å². The number of furan rings is 1. The molecule has 1 aliphatic heterocycles. The van der Waals surface area contributed by atoms with Crippen molar-refractivity contribution in [2.45, 2.75) is 12.1 Å². The van der Waals surface area contributed by atoms with Crippen LogP contribution in [0.2, 0.25) is 0 Å². The van der Waals surface area contributed by atoms with Crippen LogP contribution in [0, 0.1) is 0 Å². The fourth-order valence-electron chi connectivity index (χ4n) is 2.31. The minimum absolute atomic E-state index is 0.105. The van der Waals surface area contributed by atoms with E-state index in [-0.39, 0.29) is 11.9 Å². The molecule has 5 nitrogen and oxygen atoms in total. The number of rotatable bonds is 3. The van der Waals surface area contributed by atoms with Crippen molar-refractivity contribution < 1.29 is 13.9 Å². The maximum Gasteiger partial charge on any atom is 0.247 e. The van der Waals surface area contributed by atoms with Gasteiger partial charge in [-0.2, -0.15) is 0 Å². The first-order valence-corrected chi connectivity index (χ1v) is 5.98. The fraction of sp³-hybridized carbons (Fsp3) is 0.214. The van der Waals surface area contributed by atoms with Gasteiger partial charge < -0.3 is 14.9 Å². The van der Waals surface area contributed by atoms with Crippen LogP contribution in [0.1, 0.15) is 11.8 Å². The molecule has 0 unspecified atom stereocenters. The fourth-order valence-corrected chi connectivity index (χ4v) is 2.31. The van der Waals surface area contributed by atoms with Crippen LogP contribution in [0.15, 0.2) is 47.1 Å². The molecule has 0 spiro atoms. The Morgan fingerprint density at radius 2 is 2.00 bits per heavy atom. The van der Waals surface area contributed by atoms with Gasteiger partial charge in [-0.15, -0.1) is 0 Å². The Bertz CT molecular complexity index is 577. The summed E-state index contributed by atoms with van der Waals surface area (Å²) in [5.41, 5.74) is 6.65. The predicted molar refractivity (Wildman–Crippen MR) is 69.9 cm³/mol. The summed E-state index contributed by atoms with van der Waals surface area (Å²) in [7, 11) is 1.60. The number of hydrogen-bond donors (Lipinski definition) is 1. The molecule has 0 aliphatic carbocycles. The first-order valence-electron chi connectivity index (χ1n) is 5.98. The zero-order chi connectivity index (χ0) is 13.4. The number of carbonyl (C=O) groups is 1. The van der Waals surface area contributed by atoms with E-state index in [1.54, 1.807) is 24.3 Å². The van der Waals surface area contributed by atoms with Crippen LogP contribution in [0.3, 0.4) is 0 Å². The molecule has 1 aromatic heterocycles. The monoisotopic (exact) mass is 258 g/mol. The van der Waals surface area contributed by atoms with Crippen molar-refractivity contribution in [2.24, 2.45) is 5.73 Å². The largest absolute Gasteiger partial charge is 0.497 e. The van der Waals surface area contributed by atoms with Gasteiger partial charge in [-0.05, 0) is 36.4 Å². The van der Waals surface area contributed by atoms with Crippen molar-refractivity contribution in [3.8, 4) is 5.75 Å². The summed E-state index contributed by atoms with van der Waals surface area (Å²) in [6, 6.07) is 10.1. The maximum absolute atomic E-state index is 12.0. The number of hydrogen-bond acceptors (Lipinski definition) is 4. The molecule has 3 rings (SSSR count). The van der Waals surface area contributed by atoms with Crippen molar-refractivity contribution in [1.29, 1.82) is 0 Å². The van der Waals surface area contributed by atoms with Crippen LogP contribution >= 0.6 is 0 Å². The second-order valence-electron chi connectivity index (χ2n) is 4.39. The zero-order valence-corrected chi connectivity index (χ0v) is 10.4. The normalized spacial score (nSPS) is 22.2. The number of anilines is 1. The highest BCUT2D eigenvalue weighted by Gasteiger charge is 2.48.